The summed E-state index contributed by atoms with van der Waals surface area (Å²) in [5.41, 5.74) is 3.63. The molecule has 0 aliphatic heterocycles. The predicted octanol–water partition coefficient (Wildman–Crippen LogP) is 3.52. The molecule has 2 rings (SSSR count). The summed E-state index contributed by atoms with van der Waals surface area (Å²) >= 11 is 3.49. The lowest BCUT2D eigenvalue weighted by Gasteiger charge is -2.19. The molecule has 2 aromatic rings. The zero-order chi connectivity index (χ0) is 15.2. The van der Waals surface area contributed by atoms with Gasteiger partial charge in [-0.15, -0.1) is 0 Å². The number of aryl methyl sites for hydroxylation is 2. The Morgan fingerprint density at radius 2 is 2.05 bits per heavy atom. The molecule has 1 atom stereocenters. The number of nitrogens with one attached hydrogen (secondary N) is 1. The van der Waals surface area contributed by atoms with Gasteiger partial charge in [-0.3, -0.25) is 9.67 Å². The second kappa shape index (κ2) is 7.71. The van der Waals surface area contributed by atoms with Gasteiger partial charge < -0.3 is 5.32 Å². The summed E-state index contributed by atoms with van der Waals surface area (Å²) in [7, 11) is 0. The fourth-order valence-electron chi connectivity index (χ4n) is 2.52. The minimum Gasteiger partial charge on any atom is -0.309 e. The lowest BCUT2D eigenvalue weighted by molar-refractivity contribution is 0.489. The highest BCUT2D eigenvalue weighted by atomic mass is 79.9. The summed E-state index contributed by atoms with van der Waals surface area (Å²) in [6.07, 6.45) is 5.63. The summed E-state index contributed by atoms with van der Waals surface area (Å²) in [6.45, 7) is 8.25. The van der Waals surface area contributed by atoms with Crippen LogP contribution in [0.2, 0.25) is 0 Å². The van der Waals surface area contributed by atoms with Gasteiger partial charge in [-0.1, -0.05) is 13.8 Å². The summed E-state index contributed by atoms with van der Waals surface area (Å²) < 4.78 is 3.13. The van der Waals surface area contributed by atoms with Crippen LogP contribution in [0.3, 0.4) is 0 Å². The van der Waals surface area contributed by atoms with Gasteiger partial charge in [-0.25, -0.2) is 0 Å². The molecule has 0 saturated heterocycles. The first kappa shape index (κ1) is 16.2. The van der Waals surface area contributed by atoms with Gasteiger partial charge in [0, 0.05) is 23.4 Å². The first-order valence-electron chi connectivity index (χ1n) is 7.57. The van der Waals surface area contributed by atoms with Crippen LogP contribution in [0.15, 0.2) is 29.0 Å². The smallest absolute Gasteiger partial charge is 0.0625 e. The van der Waals surface area contributed by atoms with Crippen LogP contribution in [0.1, 0.15) is 43.8 Å². The maximum absolute atomic E-state index is 4.66. The Bertz CT molecular complexity index is 579. The SMILES string of the molecule is CCNC(Cc1cncc(Br)c1)c1cc(CC)nn1CC. The minimum absolute atomic E-state index is 0.263. The second-order valence-corrected chi connectivity index (χ2v) is 5.97. The Labute approximate surface area is 135 Å². The average molecular weight is 351 g/mol. The van der Waals surface area contributed by atoms with Gasteiger partial charge in [-0.2, -0.15) is 5.10 Å². The van der Waals surface area contributed by atoms with Crippen molar-refractivity contribution in [2.75, 3.05) is 6.54 Å². The molecule has 1 N–H and O–H groups in total. The molecule has 114 valence electrons. The first-order chi connectivity index (χ1) is 10.2. The third-order valence-corrected chi connectivity index (χ3v) is 3.97. The van der Waals surface area contributed by atoms with E-state index in [4.69, 9.17) is 0 Å². The van der Waals surface area contributed by atoms with E-state index in [2.05, 4.69) is 68.9 Å². The van der Waals surface area contributed by atoms with Gasteiger partial charge in [-0.05, 0) is 59.9 Å². The van der Waals surface area contributed by atoms with E-state index < -0.39 is 0 Å². The van der Waals surface area contributed by atoms with Gasteiger partial charge in [0.1, 0.15) is 0 Å². The standard InChI is InChI=1S/C16H23BrN4/c1-4-14-9-16(21(6-3)20-14)15(19-5-2)8-12-7-13(17)11-18-10-12/h7,9-11,15,19H,4-6,8H2,1-3H3. The molecule has 0 spiro atoms. The van der Waals surface area contributed by atoms with Gasteiger partial charge in [0.05, 0.1) is 17.4 Å². The van der Waals surface area contributed by atoms with Crippen molar-refractivity contribution in [2.45, 2.75) is 46.2 Å². The third-order valence-electron chi connectivity index (χ3n) is 3.53. The first-order valence-corrected chi connectivity index (χ1v) is 8.36. The van der Waals surface area contributed by atoms with Crippen LogP contribution >= 0.6 is 15.9 Å². The number of nitrogens with zero attached hydrogens (tertiary/aromatic N) is 3. The predicted molar refractivity (Wildman–Crippen MR) is 89.3 cm³/mol. The van der Waals surface area contributed by atoms with E-state index >= 15 is 0 Å². The van der Waals surface area contributed by atoms with Gasteiger partial charge in [0.2, 0.25) is 0 Å². The second-order valence-electron chi connectivity index (χ2n) is 5.06. The molecule has 0 amide bonds. The summed E-state index contributed by atoms with van der Waals surface area (Å²) in [6, 6.07) is 4.62. The largest absolute Gasteiger partial charge is 0.309 e. The number of hydrogen-bond donors (Lipinski definition) is 1. The molecule has 0 aromatic carbocycles. The fraction of sp³-hybridized carbons (Fsp3) is 0.500. The van der Waals surface area contributed by atoms with Crippen molar-refractivity contribution in [1.29, 1.82) is 0 Å². The number of hydrogen-bond acceptors (Lipinski definition) is 3. The molecule has 0 aliphatic rings. The van der Waals surface area contributed by atoms with Crippen LogP contribution in [-0.2, 0) is 19.4 Å². The van der Waals surface area contributed by atoms with Gasteiger partial charge in [0.15, 0.2) is 0 Å². The molecule has 0 radical (unpaired) electrons. The fourth-order valence-corrected chi connectivity index (χ4v) is 2.94. The van der Waals surface area contributed by atoms with Gasteiger partial charge >= 0.3 is 0 Å². The van der Waals surface area contributed by atoms with E-state index in [0.717, 1.165) is 36.1 Å². The molecule has 0 bridgehead atoms. The number of rotatable bonds is 7. The summed E-state index contributed by atoms with van der Waals surface area (Å²) in [4.78, 5) is 4.26. The van der Waals surface area contributed by atoms with Crippen molar-refractivity contribution in [1.82, 2.24) is 20.1 Å². The number of halogens is 1. The lowest BCUT2D eigenvalue weighted by Crippen LogP contribution is -2.25. The van der Waals surface area contributed by atoms with Crippen molar-refractivity contribution in [3.63, 3.8) is 0 Å². The van der Waals surface area contributed by atoms with Crippen LogP contribution < -0.4 is 5.32 Å². The van der Waals surface area contributed by atoms with Gasteiger partial charge in [0.25, 0.3) is 0 Å². The Balaban J connectivity index is 2.28. The maximum Gasteiger partial charge on any atom is 0.0625 e. The Hall–Kier alpha value is -1.20. The Morgan fingerprint density at radius 3 is 2.67 bits per heavy atom. The maximum atomic E-state index is 4.66. The highest BCUT2D eigenvalue weighted by Gasteiger charge is 2.17. The lowest BCUT2D eigenvalue weighted by atomic mass is 10.0. The number of pyridine rings is 1. The molecule has 1 unspecified atom stereocenters. The third kappa shape index (κ3) is 4.14. The quantitative estimate of drug-likeness (QED) is 0.830. The van der Waals surface area contributed by atoms with Crippen molar-refractivity contribution in [2.24, 2.45) is 0 Å². The van der Waals surface area contributed by atoms with E-state index in [-0.39, 0.29) is 6.04 Å². The van der Waals surface area contributed by atoms with Crippen LogP contribution in [0.5, 0.6) is 0 Å². The molecule has 0 saturated carbocycles. The highest BCUT2D eigenvalue weighted by Crippen LogP contribution is 2.21. The van der Waals surface area contributed by atoms with Crippen LogP contribution in [0.4, 0.5) is 0 Å². The molecule has 5 heteroatoms. The number of aromatic nitrogens is 3. The van der Waals surface area contributed by atoms with E-state index in [0.29, 0.717) is 0 Å². The van der Waals surface area contributed by atoms with Crippen LogP contribution in [0.25, 0.3) is 0 Å². The van der Waals surface area contributed by atoms with E-state index in [1.54, 1.807) is 0 Å². The molecule has 21 heavy (non-hydrogen) atoms. The molecule has 2 aromatic heterocycles. The highest BCUT2D eigenvalue weighted by molar-refractivity contribution is 9.10. The summed E-state index contributed by atoms with van der Waals surface area (Å²) in [5.74, 6) is 0. The number of likely N-dealkylation sites (N-methyl/N-ethyl adjacent to an activating group) is 1. The topological polar surface area (TPSA) is 42.7 Å². The van der Waals surface area contributed by atoms with E-state index in [1.807, 2.05) is 12.4 Å². The molecule has 2 heterocycles. The van der Waals surface area contributed by atoms with Crippen molar-refractivity contribution in [3.8, 4) is 0 Å². The Kier molecular flexibility index (Phi) is 5.94. The molecular formula is C16H23BrN4. The average Bonchev–Trinajstić information content (AvgIpc) is 2.90. The monoisotopic (exact) mass is 350 g/mol. The zero-order valence-corrected chi connectivity index (χ0v) is 14.5. The van der Waals surface area contributed by atoms with E-state index in [1.165, 1.54) is 11.3 Å². The van der Waals surface area contributed by atoms with Crippen molar-refractivity contribution < 1.29 is 0 Å². The minimum atomic E-state index is 0.263. The molecule has 4 nitrogen and oxygen atoms in total. The zero-order valence-electron chi connectivity index (χ0n) is 12.9. The summed E-state index contributed by atoms with van der Waals surface area (Å²) in [5, 5.41) is 8.24. The normalized spacial score (nSPS) is 12.6. The molecule has 0 fully saturated rings. The van der Waals surface area contributed by atoms with Crippen LogP contribution in [-0.4, -0.2) is 21.3 Å². The molecule has 0 aliphatic carbocycles. The van der Waals surface area contributed by atoms with Crippen LogP contribution in [0, 0.1) is 0 Å². The molecular weight excluding hydrogens is 328 g/mol. The van der Waals surface area contributed by atoms with E-state index in [9.17, 15) is 0 Å². The Morgan fingerprint density at radius 1 is 1.24 bits per heavy atom. The van der Waals surface area contributed by atoms with Crippen molar-refractivity contribution in [3.05, 3.63) is 46.0 Å². The van der Waals surface area contributed by atoms with Crippen molar-refractivity contribution >= 4 is 15.9 Å².